The molecule has 3 rings (SSSR count). The highest BCUT2D eigenvalue weighted by Crippen LogP contribution is 2.34. The predicted molar refractivity (Wildman–Crippen MR) is 111 cm³/mol. The molecule has 3 atom stereocenters. The molecule has 0 unspecified atom stereocenters. The molecule has 2 aromatic carbocycles. The number of Topliss-reactive ketones (excluding diaryl/α,β-unsaturated/α-hetero) is 1. The zero-order chi connectivity index (χ0) is 21.6. The lowest BCUT2D eigenvalue weighted by Gasteiger charge is -2.36. The summed E-state index contributed by atoms with van der Waals surface area (Å²) in [5.41, 5.74) is 0.519. The van der Waals surface area contributed by atoms with Gasteiger partial charge < -0.3 is 14.2 Å². The quantitative estimate of drug-likeness (QED) is 0.603. The Balaban J connectivity index is 1.82. The molecule has 0 radical (unpaired) electrons. The van der Waals surface area contributed by atoms with Crippen LogP contribution < -0.4 is 0 Å². The molecule has 6 nitrogen and oxygen atoms in total. The largest absolute Gasteiger partial charge is 0.373 e. The van der Waals surface area contributed by atoms with Gasteiger partial charge in [0, 0.05) is 0 Å². The Morgan fingerprint density at radius 1 is 0.933 bits per heavy atom. The average molecular weight is 414 g/mol. The van der Waals surface area contributed by atoms with Crippen LogP contribution in [0.2, 0.25) is 0 Å². The molecule has 0 spiro atoms. The number of ether oxygens (including phenoxy) is 3. The Labute approximate surface area is 178 Å². The Bertz CT molecular complexity index is 807. The topological polar surface area (TPSA) is 63.2 Å². The summed E-state index contributed by atoms with van der Waals surface area (Å²) < 4.78 is 18.1. The molecule has 0 aliphatic carbocycles. The van der Waals surface area contributed by atoms with Crippen molar-refractivity contribution in [2.75, 3.05) is 6.61 Å². The third-order valence-corrected chi connectivity index (χ3v) is 5.04. The summed E-state index contributed by atoms with van der Waals surface area (Å²) in [6, 6.07) is 19.5. The van der Waals surface area contributed by atoms with Crippen LogP contribution >= 0.6 is 0 Å². The van der Waals surface area contributed by atoms with Gasteiger partial charge in [-0.15, -0.1) is 0 Å². The van der Waals surface area contributed by atoms with E-state index in [4.69, 9.17) is 24.0 Å². The van der Waals surface area contributed by atoms with E-state index in [0.717, 1.165) is 11.1 Å². The van der Waals surface area contributed by atoms with Crippen molar-refractivity contribution in [2.24, 2.45) is 0 Å². The van der Waals surface area contributed by atoms with Gasteiger partial charge in [-0.25, -0.2) is 9.78 Å². The van der Waals surface area contributed by atoms with Gasteiger partial charge >= 0.3 is 0 Å². The fraction of sp³-hybridized carbons (Fsp3) is 0.458. The van der Waals surface area contributed by atoms with Crippen molar-refractivity contribution in [1.29, 1.82) is 0 Å². The van der Waals surface area contributed by atoms with Crippen molar-refractivity contribution in [2.45, 2.75) is 64.5 Å². The minimum absolute atomic E-state index is 0.0273. The van der Waals surface area contributed by atoms with Gasteiger partial charge in [0.05, 0.1) is 25.9 Å². The minimum Gasteiger partial charge on any atom is -0.373 e. The van der Waals surface area contributed by atoms with E-state index in [1.54, 1.807) is 13.8 Å². The maximum atomic E-state index is 12.9. The molecule has 2 aromatic rings. The summed E-state index contributed by atoms with van der Waals surface area (Å²) in [5, 5.41) is 0. The number of rotatable bonds is 8. The van der Waals surface area contributed by atoms with Crippen LogP contribution in [0.5, 0.6) is 0 Å². The molecule has 6 heteroatoms. The molecule has 0 amide bonds. The number of benzene rings is 2. The molecule has 1 heterocycles. The van der Waals surface area contributed by atoms with Gasteiger partial charge in [-0.2, -0.15) is 0 Å². The maximum Gasteiger partial charge on any atom is 0.212 e. The molecule has 0 bridgehead atoms. The highest BCUT2D eigenvalue weighted by molar-refractivity contribution is 5.86. The lowest BCUT2D eigenvalue weighted by molar-refractivity contribution is -0.439. The van der Waals surface area contributed by atoms with Gasteiger partial charge in [-0.1, -0.05) is 60.7 Å². The Hall–Kier alpha value is -2.09. The van der Waals surface area contributed by atoms with Gasteiger partial charge in [-0.3, -0.25) is 4.79 Å². The van der Waals surface area contributed by atoms with Crippen LogP contribution in [-0.4, -0.2) is 36.0 Å². The monoisotopic (exact) mass is 414 g/mol. The second-order valence-corrected chi connectivity index (χ2v) is 8.03. The molecule has 1 aliphatic rings. The molecule has 30 heavy (non-hydrogen) atoms. The molecule has 0 N–H and O–H groups in total. The van der Waals surface area contributed by atoms with Crippen molar-refractivity contribution < 1.29 is 28.8 Å². The van der Waals surface area contributed by atoms with Gasteiger partial charge in [0.25, 0.3) is 0 Å². The van der Waals surface area contributed by atoms with Crippen LogP contribution in [0.25, 0.3) is 0 Å². The van der Waals surface area contributed by atoms with Crippen molar-refractivity contribution in [3.05, 3.63) is 71.8 Å². The van der Waals surface area contributed by atoms with E-state index in [9.17, 15) is 4.79 Å². The third kappa shape index (κ3) is 5.53. The van der Waals surface area contributed by atoms with E-state index in [0.29, 0.717) is 13.2 Å². The van der Waals surface area contributed by atoms with Crippen LogP contribution in [0.3, 0.4) is 0 Å². The molecule has 0 saturated carbocycles. The van der Waals surface area contributed by atoms with Crippen molar-refractivity contribution >= 4 is 5.78 Å². The summed E-state index contributed by atoms with van der Waals surface area (Å²) >= 11 is 0. The first-order valence-electron chi connectivity index (χ1n) is 10.2. The summed E-state index contributed by atoms with van der Waals surface area (Å²) in [7, 11) is 0. The maximum absolute atomic E-state index is 12.9. The zero-order valence-corrected chi connectivity index (χ0v) is 18.0. The summed E-state index contributed by atoms with van der Waals surface area (Å²) in [4.78, 5) is 24.1. The van der Waals surface area contributed by atoms with E-state index in [1.165, 1.54) is 6.92 Å². The molecule has 0 aromatic heterocycles. The molecular formula is C24H30O6. The minimum atomic E-state index is -1.46. The SMILES string of the molecule is CC(=O)[C@]1(COCc2ccccc2)OOC(C)(C)O[C@H](C)[C@H]1OCc1ccccc1. The van der Waals surface area contributed by atoms with Crippen LogP contribution in [0.15, 0.2) is 60.7 Å². The van der Waals surface area contributed by atoms with Gasteiger partial charge in [0.1, 0.15) is 6.10 Å². The Morgan fingerprint density at radius 2 is 1.50 bits per heavy atom. The third-order valence-electron chi connectivity index (χ3n) is 5.04. The number of hydrogen-bond acceptors (Lipinski definition) is 6. The summed E-state index contributed by atoms with van der Waals surface area (Å²) in [6.07, 6.45) is -1.21. The predicted octanol–water partition coefficient (Wildman–Crippen LogP) is 4.22. The lowest BCUT2D eigenvalue weighted by Crippen LogP contribution is -2.58. The number of hydrogen-bond donors (Lipinski definition) is 0. The number of carbonyl (C=O) groups is 1. The van der Waals surface area contributed by atoms with E-state index in [1.807, 2.05) is 67.6 Å². The fourth-order valence-electron chi connectivity index (χ4n) is 3.52. The second kappa shape index (κ2) is 9.81. The lowest BCUT2D eigenvalue weighted by atomic mass is 9.89. The molecule has 1 aliphatic heterocycles. The van der Waals surface area contributed by atoms with Gasteiger partial charge in [0.15, 0.2) is 11.6 Å². The summed E-state index contributed by atoms with van der Waals surface area (Å²) in [5.74, 6) is -1.29. The van der Waals surface area contributed by atoms with E-state index < -0.39 is 23.6 Å². The van der Waals surface area contributed by atoms with Crippen molar-refractivity contribution in [3.63, 3.8) is 0 Å². The molecular weight excluding hydrogens is 384 g/mol. The van der Waals surface area contributed by atoms with Crippen molar-refractivity contribution in [1.82, 2.24) is 0 Å². The van der Waals surface area contributed by atoms with Crippen molar-refractivity contribution in [3.8, 4) is 0 Å². The summed E-state index contributed by atoms with van der Waals surface area (Å²) in [6.45, 7) is 7.39. The van der Waals surface area contributed by atoms with Crippen LogP contribution in [0.4, 0.5) is 0 Å². The van der Waals surface area contributed by atoms with Crippen LogP contribution in [-0.2, 0) is 42.0 Å². The van der Waals surface area contributed by atoms with E-state index >= 15 is 0 Å². The van der Waals surface area contributed by atoms with E-state index in [2.05, 4.69) is 0 Å². The van der Waals surface area contributed by atoms with E-state index in [-0.39, 0.29) is 12.4 Å². The first-order chi connectivity index (χ1) is 14.3. The first kappa shape index (κ1) is 22.6. The fourth-order valence-corrected chi connectivity index (χ4v) is 3.52. The van der Waals surface area contributed by atoms with Gasteiger partial charge in [0.2, 0.25) is 5.60 Å². The smallest absolute Gasteiger partial charge is 0.212 e. The van der Waals surface area contributed by atoms with Crippen LogP contribution in [0.1, 0.15) is 38.8 Å². The highest BCUT2D eigenvalue weighted by atomic mass is 17.2. The Morgan fingerprint density at radius 3 is 2.07 bits per heavy atom. The van der Waals surface area contributed by atoms with Crippen LogP contribution in [0, 0.1) is 0 Å². The molecule has 1 saturated heterocycles. The normalized spacial score (nSPS) is 26.1. The standard InChI is InChI=1S/C24H30O6/c1-18-22(27-16-21-13-9-6-10-14-21)24(19(2)25,30-29-23(3,4)28-18)17-26-15-20-11-7-5-8-12-20/h5-14,18,22H,15-17H2,1-4H3/t18-,22-,24+/m1/s1. The van der Waals surface area contributed by atoms with Gasteiger partial charge in [-0.05, 0) is 38.8 Å². The zero-order valence-electron chi connectivity index (χ0n) is 18.0. The highest BCUT2D eigenvalue weighted by Gasteiger charge is 2.54. The number of ketones is 1. The number of carbonyl (C=O) groups excluding carboxylic acids is 1. The first-order valence-corrected chi connectivity index (χ1v) is 10.2. The average Bonchev–Trinajstić information content (AvgIpc) is 2.82. The second-order valence-electron chi connectivity index (χ2n) is 8.03. The molecule has 162 valence electrons. The Kier molecular flexibility index (Phi) is 7.39. The molecule has 1 fully saturated rings.